The first-order valence-electron chi connectivity index (χ1n) is 11.7. The molecule has 4 aliphatic rings. The number of rotatable bonds is 5. The first-order valence-corrected chi connectivity index (χ1v) is 13.3. The number of ether oxygens (including phenoxy) is 1. The molecular weight excluding hydrogens is 409 g/mol. The van der Waals surface area contributed by atoms with Gasteiger partial charge in [-0.2, -0.15) is 9.88 Å². The number of piperidine rings is 1. The molecule has 2 fully saturated rings. The molecule has 6 nitrogen and oxygen atoms in total. The second-order valence-corrected chi connectivity index (χ2v) is 12.1. The summed E-state index contributed by atoms with van der Waals surface area (Å²) in [5, 5.41) is 5.83. The highest BCUT2D eigenvalue weighted by Gasteiger charge is 2.52. The zero-order chi connectivity index (χ0) is 21.5. The fourth-order valence-corrected chi connectivity index (χ4v) is 7.71. The fraction of sp³-hybridized carbons (Fsp3) is 0.625. The van der Waals surface area contributed by atoms with E-state index >= 15 is 0 Å². The van der Waals surface area contributed by atoms with Crippen molar-refractivity contribution in [3.63, 3.8) is 0 Å². The lowest BCUT2D eigenvalue weighted by Gasteiger charge is -2.40. The monoisotopic (exact) mass is 443 g/mol. The van der Waals surface area contributed by atoms with Crippen LogP contribution in [0.15, 0.2) is 46.4 Å². The molecule has 2 atom stereocenters. The number of hydrogen-bond acceptors (Lipinski definition) is 5. The molecule has 168 valence electrons. The molecule has 1 aromatic rings. The van der Waals surface area contributed by atoms with E-state index in [4.69, 9.17) is 14.4 Å². The van der Waals surface area contributed by atoms with Gasteiger partial charge >= 0.3 is 7.52 Å². The molecular formula is C24H34N3O3P. The Hall–Kier alpha value is -1.62. The maximum absolute atomic E-state index is 14.8. The topological polar surface area (TPSA) is 54.4 Å². The lowest BCUT2D eigenvalue weighted by atomic mass is 9.78. The smallest absolute Gasteiger partial charge is 0.350 e. The Morgan fingerprint density at radius 2 is 1.90 bits per heavy atom. The van der Waals surface area contributed by atoms with E-state index in [-0.39, 0.29) is 11.5 Å². The Kier molecular flexibility index (Phi) is 5.74. The van der Waals surface area contributed by atoms with E-state index in [0.29, 0.717) is 6.61 Å². The molecule has 1 aromatic carbocycles. The van der Waals surface area contributed by atoms with Crippen molar-refractivity contribution in [2.45, 2.75) is 64.9 Å². The van der Waals surface area contributed by atoms with Crippen LogP contribution in [0.25, 0.3) is 0 Å². The zero-order valence-electron chi connectivity index (χ0n) is 18.8. The van der Waals surface area contributed by atoms with Gasteiger partial charge in [-0.15, -0.1) is 0 Å². The Balaban J connectivity index is 1.59. The van der Waals surface area contributed by atoms with Crippen molar-refractivity contribution in [2.24, 2.45) is 10.5 Å². The van der Waals surface area contributed by atoms with Crippen LogP contribution in [0.5, 0.6) is 0 Å². The molecule has 0 saturated carbocycles. The van der Waals surface area contributed by atoms with Gasteiger partial charge in [-0.3, -0.25) is 4.57 Å². The lowest BCUT2D eigenvalue weighted by molar-refractivity contribution is 0.0692. The number of hydrogen-bond donors (Lipinski definition) is 0. The molecule has 0 N–H and O–H groups in total. The second kappa shape index (κ2) is 8.38. The molecule has 31 heavy (non-hydrogen) atoms. The first-order chi connectivity index (χ1) is 15.0. The maximum Gasteiger partial charge on any atom is 0.350 e. The normalized spacial score (nSPS) is 30.5. The van der Waals surface area contributed by atoms with Crippen molar-refractivity contribution in [2.75, 3.05) is 31.1 Å². The van der Waals surface area contributed by atoms with Gasteiger partial charge in [-0.05, 0) is 62.5 Å². The van der Waals surface area contributed by atoms with Crippen LogP contribution in [-0.2, 0) is 13.8 Å². The largest absolute Gasteiger partial charge is 0.376 e. The highest BCUT2D eigenvalue weighted by atomic mass is 31.2. The van der Waals surface area contributed by atoms with Crippen molar-refractivity contribution in [3.05, 3.63) is 41.3 Å². The number of hydrazone groups is 1. The van der Waals surface area contributed by atoms with Crippen molar-refractivity contribution < 1.29 is 13.8 Å². The summed E-state index contributed by atoms with van der Waals surface area (Å²) in [5.74, 6) is 0. The van der Waals surface area contributed by atoms with Gasteiger partial charge in [0.15, 0.2) is 0 Å². The third-order valence-electron chi connectivity index (χ3n) is 6.77. The minimum absolute atomic E-state index is 0.0200. The number of anilines is 1. The maximum atomic E-state index is 14.8. The van der Waals surface area contributed by atoms with Gasteiger partial charge in [0.2, 0.25) is 0 Å². The molecule has 1 aliphatic carbocycles. The SMILES string of the molecule is CC1(C)CC2=NN(c3ccccc3)[P@](=O)(OC[C@H]3CCCO3)C2=C(N2CCCCC2)C1. The fourth-order valence-electron chi connectivity index (χ4n) is 5.26. The summed E-state index contributed by atoms with van der Waals surface area (Å²) in [4.78, 5) is 2.46. The predicted molar refractivity (Wildman–Crippen MR) is 124 cm³/mol. The third-order valence-corrected chi connectivity index (χ3v) is 9.17. The Morgan fingerprint density at radius 3 is 2.61 bits per heavy atom. The Morgan fingerprint density at radius 1 is 1.13 bits per heavy atom. The highest BCUT2D eigenvalue weighted by Crippen LogP contribution is 2.67. The minimum Gasteiger partial charge on any atom is -0.376 e. The van der Waals surface area contributed by atoms with Crippen LogP contribution >= 0.6 is 7.52 Å². The number of likely N-dealkylation sites (tertiary alicyclic amines) is 1. The van der Waals surface area contributed by atoms with Crippen LogP contribution in [0.3, 0.4) is 0 Å². The average molecular weight is 444 g/mol. The summed E-state index contributed by atoms with van der Waals surface area (Å²) in [5.41, 5.74) is 3.05. The van der Waals surface area contributed by atoms with Crippen LogP contribution in [0.4, 0.5) is 5.69 Å². The van der Waals surface area contributed by atoms with E-state index in [1.807, 2.05) is 30.3 Å². The van der Waals surface area contributed by atoms with Gasteiger partial charge in [0, 0.05) is 25.4 Å². The molecule has 3 aliphatic heterocycles. The quantitative estimate of drug-likeness (QED) is 0.541. The van der Waals surface area contributed by atoms with Gasteiger partial charge in [-0.1, -0.05) is 32.0 Å². The minimum atomic E-state index is -3.38. The van der Waals surface area contributed by atoms with Gasteiger partial charge in [-0.25, -0.2) is 0 Å². The molecule has 0 spiro atoms. The first kappa shape index (κ1) is 21.2. The number of nitrogens with zero attached hydrogens (tertiary/aromatic N) is 3. The van der Waals surface area contributed by atoms with Gasteiger partial charge in [0.1, 0.15) is 5.31 Å². The third kappa shape index (κ3) is 4.10. The van der Waals surface area contributed by atoms with Crippen LogP contribution in [0.2, 0.25) is 0 Å². The predicted octanol–water partition coefficient (Wildman–Crippen LogP) is 5.77. The summed E-state index contributed by atoms with van der Waals surface area (Å²) in [6, 6.07) is 9.84. The molecule has 3 heterocycles. The van der Waals surface area contributed by atoms with Gasteiger partial charge in [0.05, 0.1) is 24.1 Å². The molecule has 0 unspecified atom stereocenters. The summed E-state index contributed by atoms with van der Waals surface area (Å²) < 4.78 is 28.6. The molecule has 0 amide bonds. The Bertz CT molecular complexity index is 915. The van der Waals surface area contributed by atoms with E-state index in [0.717, 1.165) is 62.1 Å². The summed E-state index contributed by atoms with van der Waals surface area (Å²) >= 11 is 0. The van der Waals surface area contributed by atoms with E-state index in [2.05, 4.69) is 18.7 Å². The molecule has 7 heteroatoms. The van der Waals surface area contributed by atoms with Crippen molar-refractivity contribution in [1.29, 1.82) is 0 Å². The van der Waals surface area contributed by atoms with E-state index in [1.54, 1.807) is 4.78 Å². The van der Waals surface area contributed by atoms with Crippen LogP contribution in [-0.4, -0.2) is 43.0 Å². The van der Waals surface area contributed by atoms with Crippen molar-refractivity contribution >= 4 is 18.9 Å². The summed E-state index contributed by atoms with van der Waals surface area (Å²) in [6.07, 6.45) is 7.40. The van der Waals surface area contributed by atoms with Crippen LogP contribution < -0.4 is 4.78 Å². The van der Waals surface area contributed by atoms with Crippen molar-refractivity contribution in [1.82, 2.24) is 4.90 Å². The van der Waals surface area contributed by atoms with E-state index in [9.17, 15) is 4.57 Å². The summed E-state index contributed by atoms with van der Waals surface area (Å²) in [7, 11) is -3.38. The highest BCUT2D eigenvalue weighted by molar-refractivity contribution is 7.67. The average Bonchev–Trinajstić information content (AvgIpc) is 3.39. The zero-order valence-corrected chi connectivity index (χ0v) is 19.7. The van der Waals surface area contributed by atoms with E-state index in [1.165, 1.54) is 25.0 Å². The molecule has 5 rings (SSSR count). The molecule has 0 bridgehead atoms. The molecule has 2 saturated heterocycles. The number of para-hydroxylation sites is 1. The second-order valence-electron chi connectivity index (χ2n) is 9.98. The van der Waals surface area contributed by atoms with Gasteiger partial charge in [0.25, 0.3) is 0 Å². The number of allylic oxidation sites excluding steroid dienone is 2. The number of benzene rings is 1. The van der Waals surface area contributed by atoms with Crippen LogP contribution in [0.1, 0.15) is 58.8 Å². The Labute approximate surface area is 185 Å². The van der Waals surface area contributed by atoms with Gasteiger partial charge < -0.3 is 14.2 Å². The number of fused-ring (bicyclic) bond motifs is 1. The standard InChI is InChI=1S/C24H34N3O3P/c1-24(2)16-21-23(22(17-24)26-13-7-4-8-14-26)31(28,30-18-20-12-9-15-29-20)27(25-21)19-10-5-3-6-11-19/h3,5-6,10-11,20H,4,7-9,12-18H2,1-2H3/t20-,31-/m1/s1. The van der Waals surface area contributed by atoms with Crippen molar-refractivity contribution in [3.8, 4) is 0 Å². The van der Waals surface area contributed by atoms with Crippen LogP contribution in [0, 0.1) is 5.41 Å². The molecule has 0 aromatic heterocycles. The lowest BCUT2D eigenvalue weighted by Crippen LogP contribution is -2.36. The van der Waals surface area contributed by atoms with E-state index < -0.39 is 7.52 Å². The molecule has 0 radical (unpaired) electrons. The summed E-state index contributed by atoms with van der Waals surface area (Å²) in [6.45, 7) is 7.75.